The number of anilines is 1. The molecule has 0 spiro atoms. The second kappa shape index (κ2) is 6.75. The molecule has 116 valence electrons. The molecule has 4 nitrogen and oxygen atoms in total. The Morgan fingerprint density at radius 2 is 2.19 bits per heavy atom. The number of fused-ring (bicyclic) bond motifs is 1. The molecule has 3 heterocycles. The Morgan fingerprint density at radius 3 is 3.05 bits per heavy atom. The number of nitrogens with one attached hydrogen (secondary N) is 1. The fourth-order valence-electron chi connectivity index (χ4n) is 3.59. The predicted molar refractivity (Wildman–Crippen MR) is 87.8 cm³/mol. The number of hydrogen-bond donors (Lipinski definition) is 1. The zero-order chi connectivity index (χ0) is 14.7. The summed E-state index contributed by atoms with van der Waals surface area (Å²) in [7, 11) is 0. The largest absolute Gasteiger partial charge is 0.354 e. The van der Waals surface area contributed by atoms with Crippen molar-refractivity contribution in [2.75, 3.05) is 37.6 Å². The molecule has 2 aliphatic rings. The first-order chi connectivity index (χ1) is 10.3. The Kier molecular flexibility index (Phi) is 4.76. The van der Waals surface area contributed by atoms with E-state index in [-0.39, 0.29) is 0 Å². The second-order valence-corrected chi connectivity index (χ2v) is 6.43. The van der Waals surface area contributed by atoms with E-state index in [0.717, 1.165) is 37.9 Å². The minimum absolute atomic E-state index is 0.753. The van der Waals surface area contributed by atoms with Crippen LogP contribution in [-0.4, -0.2) is 48.6 Å². The van der Waals surface area contributed by atoms with Gasteiger partial charge < -0.3 is 10.2 Å². The second-order valence-electron chi connectivity index (χ2n) is 6.43. The van der Waals surface area contributed by atoms with Crippen LogP contribution in [0.4, 0.5) is 5.82 Å². The molecule has 0 aromatic carbocycles. The molecule has 0 bridgehead atoms. The number of rotatable bonds is 5. The molecule has 3 rings (SSSR count). The standard InChI is InChI=1S/C17H28N4/c1-3-6-18-12-15-10-14(2)19-17(11-15)21-9-8-20-7-4-5-16(20)13-21/h10-11,16,18H,3-9,12-13H2,1-2H3. The van der Waals surface area contributed by atoms with Crippen LogP contribution in [-0.2, 0) is 6.54 Å². The Hall–Kier alpha value is -1.13. The minimum Gasteiger partial charge on any atom is -0.354 e. The first-order valence-corrected chi connectivity index (χ1v) is 8.43. The lowest BCUT2D eigenvalue weighted by atomic mass is 10.1. The fourth-order valence-corrected chi connectivity index (χ4v) is 3.59. The molecule has 2 saturated heterocycles. The molecule has 0 radical (unpaired) electrons. The van der Waals surface area contributed by atoms with Crippen LogP contribution in [0.15, 0.2) is 12.1 Å². The fraction of sp³-hybridized carbons (Fsp3) is 0.706. The van der Waals surface area contributed by atoms with Gasteiger partial charge in [0.25, 0.3) is 0 Å². The summed E-state index contributed by atoms with van der Waals surface area (Å²) in [4.78, 5) is 9.92. The van der Waals surface area contributed by atoms with Gasteiger partial charge in [-0.05, 0) is 57.0 Å². The number of nitrogens with zero attached hydrogens (tertiary/aromatic N) is 3. The molecular formula is C17H28N4. The third-order valence-corrected chi connectivity index (χ3v) is 4.67. The first-order valence-electron chi connectivity index (χ1n) is 8.43. The van der Waals surface area contributed by atoms with Gasteiger partial charge in [-0.25, -0.2) is 4.98 Å². The van der Waals surface area contributed by atoms with E-state index in [2.05, 4.69) is 41.1 Å². The number of pyridine rings is 1. The third-order valence-electron chi connectivity index (χ3n) is 4.67. The summed E-state index contributed by atoms with van der Waals surface area (Å²) in [6.07, 6.45) is 3.90. The van der Waals surface area contributed by atoms with Crippen molar-refractivity contribution in [3.63, 3.8) is 0 Å². The molecule has 0 amide bonds. The zero-order valence-corrected chi connectivity index (χ0v) is 13.4. The van der Waals surface area contributed by atoms with E-state index in [4.69, 9.17) is 4.98 Å². The predicted octanol–water partition coefficient (Wildman–Crippen LogP) is 2.17. The Bertz CT molecular complexity index is 474. The Morgan fingerprint density at radius 1 is 1.29 bits per heavy atom. The highest BCUT2D eigenvalue weighted by Gasteiger charge is 2.31. The maximum atomic E-state index is 4.78. The quantitative estimate of drug-likeness (QED) is 0.842. The number of hydrogen-bond acceptors (Lipinski definition) is 4. The summed E-state index contributed by atoms with van der Waals surface area (Å²) in [6, 6.07) is 5.24. The summed E-state index contributed by atoms with van der Waals surface area (Å²) < 4.78 is 0. The van der Waals surface area contributed by atoms with Crippen molar-refractivity contribution >= 4 is 5.82 Å². The SMILES string of the molecule is CCCNCc1cc(C)nc(N2CCN3CCCC3C2)c1. The molecule has 1 aromatic rings. The van der Waals surface area contributed by atoms with Crippen molar-refractivity contribution in [2.24, 2.45) is 0 Å². The summed E-state index contributed by atoms with van der Waals surface area (Å²) in [6.45, 7) is 11.1. The van der Waals surface area contributed by atoms with E-state index in [1.54, 1.807) is 0 Å². The van der Waals surface area contributed by atoms with E-state index in [0.29, 0.717) is 0 Å². The summed E-state index contributed by atoms with van der Waals surface area (Å²) in [5.74, 6) is 1.18. The van der Waals surface area contributed by atoms with Crippen molar-refractivity contribution < 1.29 is 0 Å². The van der Waals surface area contributed by atoms with Crippen molar-refractivity contribution in [3.8, 4) is 0 Å². The zero-order valence-electron chi connectivity index (χ0n) is 13.4. The lowest BCUT2D eigenvalue weighted by molar-refractivity contribution is 0.230. The van der Waals surface area contributed by atoms with Crippen LogP contribution in [0.5, 0.6) is 0 Å². The van der Waals surface area contributed by atoms with Crippen molar-refractivity contribution in [3.05, 3.63) is 23.4 Å². The van der Waals surface area contributed by atoms with Crippen LogP contribution < -0.4 is 10.2 Å². The highest BCUT2D eigenvalue weighted by molar-refractivity contribution is 5.43. The molecule has 1 atom stereocenters. The maximum Gasteiger partial charge on any atom is 0.129 e. The lowest BCUT2D eigenvalue weighted by Crippen LogP contribution is -2.50. The Labute approximate surface area is 128 Å². The highest BCUT2D eigenvalue weighted by atomic mass is 15.3. The summed E-state index contributed by atoms with van der Waals surface area (Å²) in [5, 5.41) is 3.49. The Balaban J connectivity index is 1.69. The van der Waals surface area contributed by atoms with Crippen LogP contribution >= 0.6 is 0 Å². The van der Waals surface area contributed by atoms with Crippen LogP contribution in [0.1, 0.15) is 37.4 Å². The van der Waals surface area contributed by atoms with Gasteiger partial charge >= 0.3 is 0 Å². The minimum atomic E-state index is 0.753. The lowest BCUT2D eigenvalue weighted by Gasteiger charge is -2.38. The van der Waals surface area contributed by atoms with Crippen LogP contribution in [0.2, 0.25) is 0 Å². The number of piperazine rings is 1. The molecule has 2 aliphatic heterocycles. The molecule has 0 saturated carbocycles. The molecule has 1 aromatic heterocycles. The van der Waals surface area contributed by atoms with E-state index in [1.165, 1.54) is 43.7 Å². The van der Waals surface area contributed by atoms with Gasteiger partial charge in [0.1, 0.15) is 5.82 Å². The van der Waals surface area contributed by atoms with Gasteiger partial charge in [-0.15, -0.1) is 0 Å². The van der Waals surface area contributed by atoms with Crippen molar-refractivity contribution in [1.29, 1.82) is 0 Å². The molecule has 0 aliphatic carbocycles. The third kappa shape index (κ3) is 3.55. The number of aryl methyl sites for hydroxylation is 1. The topological polar surface area (TPSA) is 31.4 Å². The average molecular weight is 288 g/mol. The molecule has 2 fully saturated rings. The molecule has 4 heteroatoms. The van der Waals surface area contributed by atoms with Gasteiger partial charge in [0, 0.05) is 37.9 Å². The van der Waals surface area contributed by atoms with Crippen LogP contribution in [0, 0.1) is 6.92 Å². The highest BCUT2D eigenvalue weighted by Crippen LogP contribution is 2.25. The maximum absolute atomic E-state index is 4.78. The van der Waals surface area contributed by atoms with Gasteiger partial charge in [-0.2, -0.15) is 0 Å². The first kappa shape index (κ1) is 14.8. The van der Waals surface area contributed by atoms with E-state index < -0.39 is 0 Å². The monoisotopic (exact) mass is 288 g/mol. The summed E-state index contributed by atoms with van der Waals surface area (Å²) in [5.41, 5.74) is 2.49. The number of aromatic nitrogens is 1. The van der Waals surface area contributed by atoms with E-state index in [1.807, 2.05) is 0 Å². The molecule has 1 N–H and O–H groups in total. The van der Waals surface area contributed by atoms with Gasteiger partial charge in [0.15, 0.2) is 0 Å². The van der Waals surface area contributed by atoms with Crippen molar-refractivity contribution in [1.82, 2.24) is 15.2 Å². The summed E-state index contributed by atoms with van der Waals surface area (Å²) >= 11 is 0. The van der Waals surface area contributed by atoms with Crippen molar-refractivity contribution in [2.45, 2.75) is 45.7 Å². The molecule has 1 unspecified atom stereocenters. The van der Waals surface area contributed by atoms with Gasteiger partial charge in [0.05, 0.1) is 0 Å². The van der Waals surface area contributed by atoms with E-state index in [9.17, 15) is 0 Å². The molecule has 21 heavy (non-hydrogen) atoms. The van der Waals surface area contributed by atoms with Gasteiger partial charge in [-0.1, -0.05) is 6.92 Å². The molecular weight excluding hydrogens is 260 g/mol. The van der Waals surface area contributed by atoms with Crippen LogP contribution in [0.25, 0.3) is 0 Å². The van der Waals surface area contributed by atoms with Crippen LogP contribution in [0.3, 0.4) is 0 Å². The van der Waals surface area contributed by atoms with Gasteiger partial charge in [-0.3, -0.25) is 4.90 Å². The normalized spacial score (nSPS) is 22.6. The van der Waals surface area contributed by atoms with Gasteiger partial charge in [0.2, 0.25) is 0 Å². The smallest absolute Gasteiger partial charge is 0.129 e. The van der Waals surface area contributed by atoms with E-state index >= 15 is 0 Å². The average Bonchev–Trinajstić information content (AvgIpc) is 2.94.